The Labute approximate surface area is 71.6 Å². The highest BCUT2D eigenvalue weighted by Gasteiger charge is 1.99. The first kappa shape index (κ1) is 8.41. The number of aromatic nitrogens is 1. The Balaban J connectivity index is 2.81. The van der Waals surface area contributed by atoms with Gasteiger partial charge in [0.2, 0.25) is 0 Å². The van der Waals surface area contributed by atoms with Crippen molar-refractivity contribution in [3.63, 3.8) is 0 Å². The second kappa shape index (κ2) is 3.63. The second-order valence-corrected chi connectivity index (χ2v) is 2.33. The van der Waals surface area contributed by atoms with Crippen molar-refractivity contribution in [3.8, 4) is 18.1 Å². The van der Waals surface area contributed by atoms with Gasteiger partial charge in [0, 0.05) is 5.69 Å². The van der Waals surface area contributed by atoms with E-state index in [4.69, 9.17) is 16.9 Å². The van der Waals surface area contributed by atoms with E-state index in [2.05, 4.69) is 10.9 Å². The molecule has 1 aromatic rings. The predicted octanol–water partition coefficient (Wildman–Crippen LogP) is 0.984. The first-order chi connectivity index (χ1) is 5.74. The number of anilines is 1. The highest BCUT2D eigenvalue weighted by atomic mass is 16.5. The maximum Gasteiger partial charge on any atom is 0.166 e. The Kier molecular flexibility index (Phi) is 2.54. The molecule has 0 fully saturated rings. The SMILES string of the molecule is C#CCOc1ccc(C)nc1N. The first-order valence-corrected chi connectivity index (χ1v) is 3.53. The molecule has 1 aromatic heterocycles. The van der Waals surface area contributed by atoms with Gasteiger partial charge in [-0.15, -0.1) is 6.42 Å². The fourth-order valence-electron chi connectivity index (χ4n) is 0.805. The van der Waals surface area contributed by atoms with Crippen LogP contribution in [0.25, 0.3) is 0 Å². The fraction of sp³-hybridized carbons (Fsp3) is 0.222. The van der Waals surface area contributed by atoms with Gasteiger partial charge in [-0.3, -0.25) is 0 Å². The highest BCUT2D eigenvalue weighted by Crippen LogP contribution is 2.18. The topological polar surface area (TPSA) is 48.1 Å². The molecule has 3 nitrogen and oxygen atoms in total. The van der Waals surface area contributed by atoms with Crippen molar-refractivity contribution in [1.82, 2.24) is 4.98 Å². The molecule has 12 heavy (non-hydrogen) atoms. The summed E-state index contributed by atoms with van der Waals surface area (Å²) in [7, 11) is 0. The molecule has 0 saturated carbocycles. The summed E-state index contributed by atoms with van der Waals surface area (Å²) in [6.07, 6.45) is 5.02. The highest BCUT2D eigenvalue weighted by molar-refractivity contribution is 5.46. The number of nitrogen functional groups attached to an aromatic ring is 1. The van der Waals surface area contributed by atoms with Crippen molar-refractivity contribution in [3.05, 3.63) is 17.8 Å². The number of rotatable bonds is 2. The monoisotopic (exact) mass is 162 g/mol. The number of nitrogens with two attached hydrogens (primary N) is 1. The molecule has 0 aliphatic carbocycles. The van der Waals surface area contributed by atoms with Crippen molar-refractivity contribution >= 4 is 5.82 Å². The van der Waals surface area contributed by atoms with Gasteiger partial charge in [0.1, 0.15) is 6.61 Å². The molecule has 0 saturated heterocycles. The molecule has 62 valence electrons. The third kappa shape index (κ3) is 1.89. The molecule has 2 N–H and O–H groups in total. The number of terminal acetylenes is 1. The van der Waals surface area contributed by atoms with Crippen LogP contribution < -0.4 is 10.5 Å². The summed E-state index contributed by atoms with van der Waals surface area (Å²) in [6, 6.07) is 3.58. The minimum Gasteiger partial charge on any atom is -0.477 e. The summed E-state index contributed by atoms with van der Waals surface area (Å²) in [5, 5.41) is 0. The number of aryl methyl sites for hydroxylation is 1. The molecular weight excluding hydrogens is 152 g/mol. The van der Waals surface area contributed by atoms with Crippen LogP contribution in [0.15, 0.2) is 12.1 Å². The van der Waals surface area contributed by atoms with Crippen LogP contribution in [-0.4, -0.2) is 11.6 Å². The average Bonchev–Trinajstić information content (AvgIpc) is 2.03. The molecule has 3 heteroatoms. The lowest BCUT2D eigenvalue weighted by molar-refractivity contribution is 0.371. The second-order valence-electron chi connectivity index (χ2n) is 2.33. The van der Waals surface area contributed by atoms with Gasteiger partial charge in [-0.05, 0) is 19.1 Å². The van der Waals surface area contributed by atoms with Gasteiger partial charge < -0.3 is 10.5 Å². The number of hydrogen-bond donors (Lipinski definition) is 1. The lowest BCUT2D eigenvalue weighted by Gasteiger charge is -2.04. The largest absolute Gasteiger partial charge is 0.477 e. The van der Waals surface area contributed by atoms with Crippen molar-refractivity contribution < 1.29 is 4.74 Å². The Hall–Kier alpha value is -1.69. The first-order valence-electron chi connectivity index (χ1n) is 3.53. The van der Waals surface area contributed by atoms with Gasteiger partial charge in [-0.2, -0.15) is 0 Å². The minimum absolute atomic E-state index is 0.217. The zero-order valence-corrected chi connectivity index (χ0v) is 6.87. The molecule has 0 aliphatic rings. The molecule has 0 aliphatic heterocycles. The Morgan fingerprint density at radius 3 is 3.00 bits per heavy atom. The molecule has 0 spiro atoms. The predicted molar refractivity (Wildman–Crippen MR) is 47.7 cm³/mol. The van der Waals surface area contributed by atoms with Crippen LogP contribution in [0.4, 0.5) is 5.82 Å². The van der Waals surface area contributed by atoms with Gasteiger partial charge in [0.05, 0.1) is 0 Å². The van der Waals surface area contributed by atoms with Gasteiger partial charge in [-0.25, -0.2) is 4.98 Å². The molecule has 0 amide bonds. The smallest absolute Gasteiger partial charge is 0.166 e. The van der Waals surface area contributed by atoms with E-state index in [0.717, 1.165) is 5.69 Å². The van der Waals surface area contributed by atoms with Crippen LogP contribution in [0.2, 0.25) is 0 Å². The lowest BCUT2D eigenvalue weighted by Crippen LogP contribution is -2.00. The van der Waals surface area contributed by atoms with E-state index >= 15 is 0 Å². The third-order valence-electron chi connectivity index (χ3n) is 1.34. The maximum atomic E-state index is 5.56. The zero-order valence-electron chi connectivity index (χ0n) is 6.87. The van der Waals surface area contributed by atoms with E-state index in [-0.39, 0.29) is 6.61 Å². The van der Waals surface area contributed by atoms with Crippen LogP contribution in [0.3, 0.4) is 0 Å². The number of hydrogen-bond acceptors (Lipinski definition) is 3. The van der Waals surface area contributed by atoms with Crippen LogP contribution in [0, 0.1) is 19.3 Å². The third-order valence-corrected chi connectivity index (χ3v) is 1.34. The number of nitrogens with zero attached hydrogens (tertiary/aromatic N) is 1. The summed E-state index contributed by atoms with van der Waals surface area (Å²) in [5.74, 6) is 3.27. The van der Waals surface area contributed by atoms with Crippen LogP contribution in [-0.2, 0) is 0 Å². The van der Waals surface area contributed by atoms with E-state index in [1.807, 2.05) is 13.0 Å². The summed E-state index contributed by atoms with van der Waals surface area (Å²) in [6.45, 7) is 2.08. The van der Waals surface area contributed by atoms with Crippen LogP contribution in [0.1, 0.15) is 5.69 Å². The fourth-order valence-corrected chi connectivity index (χ4v) is 0.805. The molecule has 1 heterocycles. The normalized spacial score (nSPS) is 9.00. The van der Waals surface area contributed by atoms with Crippen LogP contribution >= 0.6 is 0 Å². The molecule has 1 rings (SSSR count). The molecule has 0 unspecified atom stereocenters. The summed E-state index contributed by atoms with van der Waals surface area (Å²) < 4.78 is 5.12. The molecule has 0 bridgehead atoms. The minimum atomic E-state index is 0.217. The maximum absolute atomic E-state index is 5.56. The molecule has 0 radical (unpaired) electrons. The Morgan fingerprint density at radius 1 is 1.67 bits per heavy atom. The zero-order chi connectivity index (χ0) is 8.97. The Morgan fingerprint density at radius 2 is 2.42 bits per heavy atom. The van der Waals surface area contributed by atoms with E-state index < -0.39 is 0 Å². The molecular formula is C9H10N2O. The molecule has 0 atom stereocenters. The van der Waals surface area contributed by atoms with Crippen LogP contribution in [0.5, 0.6) is 5.75 Å². The number of pyridine rings is 1. The molecule has 0 aromatic carbocycles. The lowest BCUT2D eigenvalue weighted by atomic mass is 10.3. The average molecular weight is 162 g/mol. The standard InChI is InChI=1S/C9H10N2O/c1-3-6-12-8-5-4-7(2)11-9(8)10/h1,4-5H,6H2,2H3,(H2,10,11). The van der Waals surface area contributed by atoms with Crippen molar-refractivity contribution in [1.29, 1.82) is 0 Å². The van der Waals surface area contributed by atoms with Gasteiger partial charge in [0.15, 0.2) is 11.6 Å². The van der Waals surface area contributed by atoms with Crippen molar-refractivity contribution in [2.45, 2.75) is 6.92 Å². The van der Waals surface area contributed by atoms with Crippen molar-refractivity contribution in [2.75, 3.05) is 12.3 Å². The summed E-state index contributed by atoms with van der Waals surface area (Å²) in [4.78, 5) is 4.01. The summed E-state index contributed by atoms with van der Waals surface area (Å²) >= 11 is 0. The summed E-state index contributed by atoms with van der Waals surface area (Å²) in [5.41, 5.74) is 6.42. The van der Waals surface area contributed by atoms with E-state index in [9.17, 15) is 0 Å². The van der Waals surface area contributed by atoms with Crippen molar-refractivity contribution in [2.24, 2.45) is 0 Å². The van der Waals surface area contributed by atoms with Gasteiger partial charge in [0.25, 0.3) is 0 Å². The van der Waals surface area contributed by atoms with Gasteiger partial charge in [-0.1, -0.05) is 5.92 Å². The quantitative estimate of drug-likeness (QED) is 0.659. The Bertz CT molecular complexity index is 315. The number of ether oxygens (including phenoxy) is 1. The van der Waals surface area contributed by atoms with E-state index in [1.54, 1.807) is 6.07 Å². The van der Waals surface area contributed by atoms with Gasteiger partial charge >= 0.3 is 0 Å². The van der Waals surface area contributed by atoms with E-state index in [0.29, 0.717) is 11.6 Å². The van der Waals surface area contributed by atoms with E-state index in [1.165, 1.54) is 0 Å².